The summed E-state index contributed by atoms with van der Waals surface area (Å²) >= 11 is 3.36. The third kappa shape index (κ3) is 3.79. The predicted molar refractivity (Wildman–Crippen MR) is 90.4 cm³/mol. The first kappa shape index (κ1) is 17.3. The number of primary amides is 1. The third-order valence-corrected chi connectivity index (χ3v) is 4.20. The summed E-state index contributed by atoms with van der Waals surface area (Å²) in [5, 5.41) is 3.93. The molecule has 8 heteroatoms. The molecule has 0 aliphatic carbocycles. The Balaban J connectivity index is 1.64. The van der Waals surface area contributed by atoms with Crippen LogP contribution in [-0.4, -0.2) is 18.2 Å². The minimum atomic E-state index is -1.20. The fourth-order valence-corrected chi connectivity index (χ4v) is 2.66. The fourth-order valence-electron chi connectivity index (χ4n) is 2.40. The molecule has 2 N–H and O–H groups in total. The van der Waals surface area contributed by atoms with E-state index < -0.39 is 23.1 Å². The summed E-state index contributed by atoms with van der Waals surface area (Å²) in [6.45, 7) is -0.0478. The van der Waals surface area contributed by atoms with E-state index in [1.165, 1.54) is 0 Å². The van der Waals surface area contributed by atoms with Gasteiger partial charge in [0.2, 0.25) is 0 Å². The predicted octanol–water partition coefficient (Wildman–Crippen LogP) is 3.72. The smallest absolute Gasteiger partial charge is 0.254 e. The molecule has 1 unspecified atom stereocenters. The van der Waals surface area contributed by atoms with E-state index in [0.29, 0.717) is 12.1 Å². The number of nitrogens with zero attached hydrogens (tertiary/aromatic N) is 1. The highest BCUT2D eigenvalue weighted by Gasteiger charge is 2.24. The molecular weight excluding hydrogens is 398 g/mol. The normalized spacial score (nSPS) is 16.3. The van der Waals surface area contributed by atoms with Crippen LogP contribution in [0.3, 0.4) is 0 Å². The highest BCUT2D eigenvalue weighted by molar-refractivity contribution is 9.10. The molecular formula is C17H13BrF2N2O3. The Bertz CT molecular complexity index is 841. The van der Waals surface area contributed by atoms with Gasteiger partial charge in [0.05, 0.1) is 5.71 Å². The average molecular weight is 411 g/mol. The number of carbonyl (C=O) groups excluding carboxylic acids is 1. The zero-order valence-electron chi connectivity index (χ0n) is 12.8. The second-order valence-electron chi connectivity index (χ2n) is 5.39. The Kier molecular flexibility index (Phi) is 4.98. The molecule has 2 aromatic carbocycles. The molecule has 25 heavy (non-hydrogen) atoms. The van der Waals surface area contributed by atoms with Crippen LogP contribution in [0.2, 0.25) is 0 Å². The maximum atomic E-state index is 14.1. The van der Waals surface area contributed by atoms with Gasteiger partial charge in [-0.05, 0) is 29.8 Å². The first-order valence-corrected chi connectivity index (χ1v) is 8.12. The number of amides is 1. The summed E-state index contributed by atoms with van der Waals surface area (Å²) in [5.41, 5.74) is 5.67. The van der Waals surface area contributed by atoms with Crippen molar-refractivity contribution in [3.05, 3.63) is 63.6 Å². The average Bonchev–Trinajstić information content (AvgIpc) is 3.03. The van der Waals surface area contributed by atoms with Gasteiger partial charge >= 0.3 is 0 Å². The third-order valence-electron chi connectivity index (χ3n) is 3.67. The first-order valence-electron chi connectivity index (χ1n) is 7.33. The summed E-state index contributed by atoms with van der Waals surface area (Å²) in [7, 11) is 0. The number of benzene rings is 2. The number of ether oxygens (including phenoxy) is 1. The van der Waals surface area contributed by atoms with Crippen LogP contribution in [-0.2, 0) is 4.84 Å². The maximum absolute atomic E-state index is 14.1. The number of oxime groups is 1. The molecule has 1 aliphatic rings. The monoisotopic (exact) mass is 410 g/mol. The van der Waals surface area contributed by atoms with Crippen LogP contribution in [0, 0.1) is 11.6 Å². The largest absolute Gasteiger partial charge is 0.484 e. The summed E-state index contributed by atoms with van der Waals surface area (Å²) in [5.74, 6) is -3.63. The van der Waals surface area contributed by atoms with E-state index in [-0.39, 0.29) is 18.5 Å². The molecule has 2 aromatic rings. The minimum absolute atomic E-state index is 0.0478. The summed E-state index contributed by atoms with van der Waals surface area (Å²) in [6, 6.07) is 9.63. The van der Waals surface area contributed by atoms with Crippen molar-refractivity contribution in [2.75, 3.05) is 6.61 Å². The summed E-state index contributed by atoms with van der Waals surface area (Å²) < 4.78 is 33.8. The van der Waals surface area contributed by atoms with Gasteiger partial charge in [0.1, 0.15) is 18.0 Å². The Hall–Kier alpha value is -2.48. The zero-order valence-corrected chi connectivity index (χ0v) is 14.4. The van der Waals surface area contributed by atoms with Crippen molar-refractivity contribution in [1.29, 1.82) is 0 Å². The lowest BCUT2D eigenvalue weighted by Gasteiger charge is -2.10. The van der Waals surface area contributed by atoms with Gasteiger partial charge in [-0.2, -0.15) is 0 Å². The number of nitrogens with two attached hydrogens (primary N) is 1. The van der Waals surface area contributed by atoms with Gasteiger partial charge in [0.25, 0.3) is 5.91 Å². The van der Waals surface area contributed by atoms with Crippen molar-refractivity contribution in [3.63, 3.8) is 0 Å². The molecule has 5 nitrogen and oxygen atoms in total. The quantitative estimate of drug-likeness (QED) is 0.815. The molecule has 0 saturated carbocycles. The van der Waals surface area contributed by atoms with E-state index in [2.05, 4.69) is 21.1 Å². The lowest BCUT2D eigenvalue weighted by atomic mass is 10.1. The summed E-state index contributed by atoms with van der Waals surface area (Å²) in [4.78, 5) is 16.5. The molecule has 0 bridgehead atoms. The van der Waals surface area contributed by atoms with Crippen molar-refractivity contribution >= 4 is 27.5 Å². The number of rotatable bonds is 5. The fraction of sp³-hybridized carbons (Fsp3) is 0.176. The van der Waals surface area contributed by atoms with Crippen LogP contribution in [0.5, 0.6) is 5.75 Å². The van der Waals surface area contributed by atoms with Crippen LogP contribution >= 0.6 is 15.9 Å². The van der Waals surface area contributed by atoms with Gasteiger partial charge in [-0.25, -0.2) is 8.78 Å². The van der Waals surface area contributed by atoms with Crippen molar-refractivity contribution < 1.29 is 23.1 Å². The van der Waals surface area contributed by atoms with Gasteiger partial charge in [-0.3, -0.25) is 4.79 Å². The Morgan fingerprint density at radius 3 is 2.68 bits per heavy atom. The number of hydrogen-bond donors (Lipinski definition) is 1. The van der Waals surface area contributed by atoms with Crippen molar-refractivity contribution in [2.45, 2.75) is 12.5 Å². The van der Waals surface area contributed by atoms with Crippen LogP contribution in [0.4, 0.5) is 8.78 Å². The van der Waals surface area contributed by atoms with E-state index in [1.807, 2.05) is 24.3 Å². The van der Waals surface area contributed by atoms with E-state index in [0.717, 1.165) is 22.2 Å². The van der Waals surface area contributed by atoms with Gasteiger partial charge in [-0.1, -0.05) is 33.2 Å². The lowest BCUT2D eigenvalue weighted by Crippen LogP contribution is -2.17. The van der Waals surface area contributed by atoms with Crippen LogP contribution in [0.15, 0.2) is 46.0 Å². The molecule has 0 saturated heterocycles. The van der Waals surface area contributed by atoms with Crippen LogP contribution in [0.1, 0.15) is 28.4 Å². The maximum Gasteiger partial charge on any atom is 0.254 e. The van der Waals surface area contributed by atoms with Crippen LogP contribution in [0.25, 0.3) is 0 Å². The second-order valence-corrected chi connectivity index (χ2v) is 6.31. The van der Waals surface area contributed by atoms with Crippen molar-refractivity contribution in [3.8, 4) is 5.75 Å². The molecule has 1 amide bonds. The van der Waals surface area contributed by atoms with Crippen LogP contribution < -0.4 is 10.5 Å². The molecule has 130 valence electrons. The Labute approximate surface area is 150 Å². The molecule has 0 spiro atoms. The Morgan fingerprint density at radius 1 is 1.28 bits per heavy atom. The van der Waals surface area contributed by atoms with E-state index >= 15 is 0 Å². The van der Waals surface area contributed by atoms with E-state index in [1.54, 1.807) is 0 Å². The van der Waals surface area contributed by atoms with E-state index in [4.69, 9.17) is 15.3 Å². The highest BCUT2D eigenvalue weighted by atomic mass is 79.9. The topological polar surface area (TPSA) is 73.9 Å². The Morgan fingerprint density at radius 2 is 2.00 bits per heavy atom. The number of halogens is 3. The minimum Gasteiger partial charge on any atom is -0.484 e. The molecule has 3 rings (SSSR count). The molecule has 0 radical (unpaired) electrons. The molecule has 1 heterocycles. The van der Waals surface area contributed by atoms with Gasteiger partial charge in [-0.15, -0.1) is 0 Å². The molecule has 1 aliphatic heterocycles. The molecule has 0 fully saturated rings. The van der Waals surface area contributed by atoms with Gasteiger partial charge in [0.15, 0.2) is 17.7 Å². The molecule has 1 atom stereocenters. The summed E-state index contributed by atoms with van der Waals surface area (Å²) in [6.07, 6.45) is 0.235. The van der Waals surface area contributed by atoms with Gasteiger partial charge < -0.3 is 15.3 Å². The molecule has 0 aromatic heterocycles. The van der Waals surface area contributed by atoms with Gasteiger partial charge in [0, 0.05) is 10.9 Å². The standard InChI is InChI=1S/C17H13BrF2N2O3/c18-10-3-1-9(2-4-10)14-7-11(22-25-14)8-24-13-6-5-12(19)15(16(13)20)17(21)23/h1-6,14H,7-8H2,(H2,21,23). The second kappa shape index (κ2) is 7.18. The lowest BCUT2D eigenvalue weighted by molar-refractivity contribution is 0.0856. The van der Waals surface area contributed by atoms with Crippen molar-refractivity contribution in [1.82, 2.24) is 0 Å². The highest BCUT2D eigenvalue weighted by Crippen LogP contribution is 2.29. The number of hydrogen-bond acceptors (Lipinski definition) is 4. The zero-order chi connectivity index (χ0) is 18.0. The first-order chi connectivity index (χ1) is 12.0. The van der Waals surface area contributed by atoms with Crippen molar-refractivity contribution in [2.24, 2.45) is 10.9 Å². The van der Waals surface area contributed by atoms with E-state index in [9.17, 15) is 13.6 Å². The SMILES string of the molecule is NC(=O)c1c(F)ccc(OCC2=NOC(c3ccc(Br)cc3)C2)c1F. The number of carbonyl (C=O) groups is 1.